The van der Waals surface area contributed by atoms with Crippen molar-refractivity contribution in [1.82, 2.24) is 0 Å². The van der Waals surface area contributed by atoms with Gasteiger partial charge in [-0.15, -0.1) is 0 Å². The highest BCUT2D eigenvalue weighted by atomic mass is 35.5. The van der Waals surface area contributed by atoms with E-state index in [-0.39, 0.29) is 23.4 Å². The number of nitrogens with one attached hydrogen (secondary N) is 1. The summed E-state index contributed by atoms with van der Waals surface area (Å²) in [6, 6.07) is 2.85. The molecule has 0 fully saturated rings. The third kappa shape index (κ3) is 4.98. The molecule has 0 aliphatic carbocycles. The summed E-state index contributed by atoms with van der Waals surface area (Å²) in [4.78, 5) is 11.3. The quantitative estimate of drug-likeness (QED) is 0.860. The van der Waals surface area contributed by atoms with E-state index in [1.165, 1.54) is 0 Å². The highest BCUT2D eigenvalue weighted by Gasteiger charge is 2.30. The summed E-state index contributed by atoms with van der Waals surface area (Å²) in [5, 5.41) is 2.63. The molecule has 0 aromatic heterocycles. The highest BCUT2D eigenvalue weighted by Crippen LogP contribution is 2.33. The van der Waals surface area contributed by atoms with Gasteiger partial charge in [0.15, 0.2) is 0 Å². The summed E-state index contributed by atoms with van der Waals surface area (Å²) >= 11 is 5.75. The summed E-state index contributed by atoms with van der Waals surface area (Å²) in [6.07, 6.45) is -4.74. The Kier molecular flexibility index (Phi) is 5.05. The lowest BCUT2D eigenvalue weighted by Gasteiger charge is -2.13. The minimum Gasteiger partial charge on any atom is -0.462 e. The van der Waals surface area contributed by atoms with Gasteiger partial charge >= 0.3 is 12.1 Å². The molecular formula is C12H13ClF3NO2. The van der Waals surface area contributed by atoms with Crippen LogP contribution in [-0.4, -0.2) is 18.6 Å². The summed E-state index contributed by atoms with van der Waals surface area (Å²) in [6.45, 7) is 3.10. The van der Waals surface area contributed by atoms with Gasteiger partial charge in [-0.1, -0.05) is 11.6 Å². The fourth-order valence-electron chi connectivity index (χ4n) is 1.31. The third-order valence-electron chi connectivity index (χ3n) is 2.08. The maximum Gasteiger partial charge on any atom is 0.416 e. The van der Waals surface area contributed by atoms with E-state index < -0.39 is 17.7 Å². The second-order valence-corrected chi connectivity index (χ2v) is 4.49. The van der Waals surface area contributed by atoms with Gasteiger partial charge in [0.25, 0.3) is 0 Å². The minimum atomic E-state index is -4.46. The van der Waals surface area contributed by atoms with Crippen LogP contribution in [0.1, 0.15) is 19.4 Å². The molecule has 0 heterocycles. The third-order valence-corrected chi connectivity index (χ3v) is 2.41. The standard InChI is InChI=1S/C12H13ClF3NO2/c1-7(2)19-11(18)6-17-10-5-8(12(14,15)16)3-4-9(10)13/h3-5,7,17H,6H2,1-2H3. The number of ether oxygens (including phenoxy) is 1. The topological polar surface area (TPSA) is 38.3 Å². The number of rotatable bonds is 4. The van der Waals surface area contributed by atoms with Crippen molar-refractivity contribution in [1.29, 1.82) is 0 Å². The zero-order valence-corrected chi connectivity index (χ0v) is 11.1. The van der Waals surface area contributed by atoms with Crippen molar-refractivity contribution in [2.24, 2.45) is 0 Å². The Balaban J connectivity index is 2.75. The lowest BCUT2D eigenvalue weighted by atomic mass is 10.2. The number of benzene rings is 1. The summed E-state index contributed by atoms with van der Waals surface area (Å²) in [5.74, 6) is -0.566. The molecule has 0 aliphatic heterocycles. The Bertz CT molecular complexity index is 461. The number of alkyl halides is 3. The fraction of sp³-hybridized carbons (Fsp3) is 0.417. The van der Waals surface area contributed by atoms with Crippen LogP contribution >= 0.6 is 11.6 Å². The SMILES string of the molecule is CC(C)OC(=O)CNc1cc(C(F)(F)F)ccc1Cl. The van der Waals surface area contributed by atoms with Crippen LogP contribution in [0.5, 0.6) is 0 Å². The number of hydrogen-bond acceptors (Lipinski definition) is 3. The number of anilines is 1. The van der Waals surface area contributed by atoms with Gasteiger partial charge in [-0.05, 0) is 32.0 Å². The van der Waals surface area contributed by atoms with Crippen molar-refractivity contribution < 1.29 is 22.7 Å². The first-order valence-corrected chi connectivity index (χ1v) is 5.88. The number of hydrogen-bond donors (Lipinski definition) is 1. The average Bonchev–Trinajstić information content (AvgIpc) is 2.25. The van der Waals surface area contributed by atoms with E-state index >= 15 is 0 Å². The molecule has 7 heteroatoms. The summed E-state index contributed by atoms with van der Waals surface area (Å²) in [5.41, 5.74) is -0.797. The lowest BCUT2D eigenvalue weighted by Crippen LogP contribution is -2.20. The van der Waals surface area contributed by atoms with Crippen molar-refractivity contribution in [3.05, 3.63) is 28.8 Å². The van der Waals surface area contributed by atoms with E-state index in [2.05, 4.69) is 5.32 Å². The molecule has 1 aromatic carbocycles. The van der Waals surface area contributed by atoms with Crippen molar-refractivity contribution in [3.8, 4) is 0 Å². The zero-order valence-electron chi connectivity index (χ0n) is 10.3. The Labute approximate surface area is 113 Å². The molecular weight excluding hydrogens is 283 g/mol. The maximum absolute atomic E-state index is 12.5. The van der Waals surface area contributed by atoms with Crippen LogP contribution in [0.2, 0.25) is 5.02 Å². The van der Waals surface area contributed by atoms with E-state index in [1.54, 1.807) is 13.8 Å². The molecule has 0 bridgehead atoms. The maximum atomic E-state index is 12.5. The smallest absolute Gasteiger partial charge is 0.416 e. The first kappa shape index (κ1) is 15.6. The molecule has 0 amide bonds. The highest BCUT2D eigenvalue weighted by molar-refractivity contribution is 6.33. The lowest BCUT2D eigenvalue weighted by molar-refractivity contribution is -0.145. The molecule has 1 N–H and O–H groups in total. The van der Waals surface area contributed by atoms with E-state index in [1.807, 2.05) is 0 Å². The van der Waals surface area contributed by atoms with Gasteiger partial charge in [0, 0.05) is 0 Å². The van der Waals surface area contributed by atoms with Gasteiger partial charge in [0.1, 0.15) is 6.54 Å². The van der Waals surface area contributed by atoms with E-state index in [4.69, 9.17) is 16.3 Å². The van der Waals surface area contributed by atoms with Gasteiger partial charge in [0.2, 0.25) is 0 Å². The molecule has 0 saturated carbocycles. The predicted octanol–water partition coefficient (Wildman–Crippen LogP) is 3.72. The first-order chi connectivity index (χ1) is 8.70. The van der Waals surface area contributed by atoms with Crippen LogP contribution in [0.3, 0.4) is 0 Å². The summed E-state index contributed by atoms with van der Waals surface area (Å²) in [7, 11) is 0. The second-order valence-electron chi connectivity index (χ2n) is 4.08. The van der Waals surface area contributed by atoms with Gasteiger partial charge in [0.05, 0.1) is 22.4 Å². The van der Waals surface area contributed by atoms with Crippen LogP contribution in [0.4, 0.5) is 18.9 Å². The molecule has 19 heavy (non-hydrogen) atoms. The van der Waals surface area contributed by atoms with E-state index in [0.717, 1.165) is 18.2 Å². The van der Waals surface area contributed by atoms with E-state index in [9.17, 15) is 18.0 Å². The molecule has 0 aliphatic rings. The largest absolute Gasteiger partial charge is 0.462 e. The second kappa shape index (κ2) is 6.14. The van der Waals surface area contributed by atoms with Crippen molar-refractivity contribution in [2.75, 3.05) is 11.9 Å². The van der Waals surface area contributed by atoms with Crippen LogP contribution in [0, 0.1) is 0 Å². The Morgan fingerprint density at radius 3 is 2.58 bits per heavy atom. The van der Waals surface area contributed by atoms with Crippen LogP contribution < -0.4 is 5.32 Å². The summed E-state index contributed by atoms with van der Waals surface area (Å²) < 4.78 is 42.4. The normalized spacial score (nSPS) is 11.5. The average molecular weight is 296 g/mol. The van der Waals surface area contributed by atoms with Crippen molar-refractivity contribution >= 4 is 23.3 Å². The van der Waals surface area contributed by atoms with Crippen LogP contribution in [0.25, 0.3) is 0 Å². The van der Waals surface area contributed by atoms with Gasteiger partial charge in [-0.25, -0.2) is 0 Å². The monoisotopic (exact) mass is 295 g/mol. The minimum absolute atomic E-state index is 0.0391. The van der Waals surface area contributed by atoms with E-state index in [0.29, 0.717) is 0 Å². The molecule has 106 valence electrons. The van der Waals surface area contributed by atoms with Crippen LogP contribution in [-0.2, 0) is 15.7 Å². The van der Waals surface area contributed by atoms with Crippen molar-refractivity contribution in [3.63, 3.8) is 0 Å². The Morgan fingerprint density at radius 1 is 1.42 bits per heavy atom. The number of halogens is 4. The Morgan fingerprint density at radius 2 is 2.05 bits per heavy atom. The number of carbonyl (C=O) groups excluding carboxylic acids is 1. The molecule has 0 unspecified atom stereocenters. The van der Waals surface area contributed by atoms with Crippen LogP contribution in [0.15, 0.2) is 18.2 Å². The number of esters is 1. The molecule has 0 spiro atoms. The molecule has 1 aromatic rings. The number of carbonyl (C=O) groups is 1. The predicted molar refractivity (Wildman–Crippen MR) is 66.2 cm³/mol. The van der Waals surface area contributed by atoms with Crippen molar-refractivity contribution in [2.45, 2.75) is 26.1 Å². The molecule has 0 saturated heterocycles. The molecule has 0 radical (unpaired) electrons. The Hall–Kier alpha value is -1.43. The first-order valence-electron chi connectivity index (χ1n) is 5.50. The van der Waals surface area contributed by atoms with Gasteiger partial charge < -0.3 is 10.1 Å². The van der Waals surface area contributed by atoms with Gasteiger partial charge in [-0.2, -0.15) is 13.2 Å². The molecule has 0 atom stereocenters. The molecule has 3 nitrogen and oxygen atoms in total. The van der Waals surface area contributed by atoms with Gasteiger partial charge in [-0.3, -0.25) is 4.79 Å². The molecule has 1 rings (SSSR count). The zero-order chi connectivity index (χ0) is 14.6. The fourth-order valence-corrected chi connectivity index (χ4v) is 1.49.